The zero-order valence-corrected chi connectivity index (χ0v) is 18.5. The molecular formula is C22H20F4N4O2S. The van der Waals surface area contributed by atoms with Crippen LogP contribution >= 0.6 is 11.3 Å². The SMILES string of the molecule is Cc1ccc(C2=CCN(c3nc(C)n(Cc4ccc(C(F)(F)F)s4)c(=O)n3)C[C@@H]2O)cc1F. The molecule has 1 N–H and O–H groups in total. The van der Waals surface area contributed by atoms with Crippen LogP contribution in [0, 0.1) is 19.7 Å². The highest BCUT2D eigenvalue weighted by Gasteiger charge is 2.32. The maximum atomic E-state index is 13.9. The van der Waals surface area contributed by atoms with Crippen LogP contribution in [0.4, 0.5) is 23.5 Å². The quantitative estimate of drug-likeness (QED) is 0.576. The van der Waals surface area contributed by atoms with Crippen LogP contribution in [0.2, 0.25) is 0 Å². The largest absolute Gasteiger partial charge is 0.425 e. The Morgan fingerprint density at radius 3 is 2.55 bits per heavy atom. The van der Waals surface area contributed by atoms with Crippen molar-refractivity contribution >= 4 is 22.9 Å². The number of alkyl halides is 3. The van der Waals surface area contributed by atoms with E-state index in [4.69, 9.17) is 0 Å². The van der Waals surface area contributed by atoms with Gasteiger partial charge in [0.05, 0.1) is 19.2 Å². The first-order valence-corrected chi connectivity index (χ1v) is 10.9. The van der Waals surface area contributed by atoms with Gasteiger partial charge in [-0.15, -0.1) is 11.3 Å². The number of β-amino-alcohol motifs (C(OH)–C–C–N with tert-alkyl or cyclic N) is 1. The number of aliphatic hydroxyl groups is 1. The molecule has 0 amide bonds. The summed E-state index contributed by atoms with van der Waals surface area (Å²) >= 11 is 0.566. The summed E-state index contributed by atoms with van der Waals surface area (Å²) in [6.45, 7) is 3.55. The summed E-state index contributed by atoms with van der Waals surface area (Å²) < 4.78 is 53.6. The van der Waals surface area contributed by atoms with Crippen molar-refractivity contribution in [3.63, 3.8) is 0 Å². The zero-order chi connectivity index (χ0) is 23.9. The van der Waals surface area contributed by atoms with Gasteiger partial charge in [-0.1, -0.05) is 18.2 Å². The smallest absolute Gasteiger partial charge is 0.387 e. The van der Waals surface area contributed by atoms with Crippen molar-refractivity contribution in [3.05, 3.63) is 79.4 Å². The van der Waals surface area contributed by atoms with Crippen molar-refractivity contribution in [3.8, 4) is 0 Å². The van der Waals surface area contributed by atoms with Crippen molar-refractivity contribution in [2.45, 2.75) is 32.7 Å². The molecule has 1 aliphatic rings. The second-order valence-corrected chi connectivity index (χ2v) is 8.92. The summed E-state index contributed by atoms with van der Waals surface area (Å²) in [6, 6.07) is 7.06. The van der Waals surface area contributed by atoms with Crippen molar-refractivity contribution < 1.29 is 22.7 Å². The number of aromatic nitrogens is 3. The van der Waals surface area contributed by atoms with Crippen molar-refractivity contribution in [2.75, 3.05) is 18.0 Å². The standard InChI is InChI=1S/C22H20F4N4O2S/c1-12-3-4-14(9-17(12)23)16-7-8-29(11-18(16)31)20-27-13(2)30(21(32)28-20)10-15-5-6-19(33-15)22(24,25)26/h3-7,9,18,31H,8,10-11H2,1-2H3/t18-/m0/s1. The Kier molecular flexibility index (Phi) is 6.10. The fourth-order valence-electron chi connectivity index (χ4n) is 3.58. The number of hydrogen-bond donors (Lipinski definition) is 1. The minimum atomic E-state index is -4.44. The van der Waals surface area contributed by atoms with E-state index in [2.05, 4.69) is 9.97 Å². The third kappa shape index (κ3) is 4.83. The van der Waals surface area contributed by atoms with E-state index in [9.17, 15) is 27.5 Å². The van der Waals surface area contributed by atoms with Crippen molar-refractivity contribution in [1.82, 2.24) is 14.5 Å². The number of anilines is 1. The summed E-state index contributed by atoms with van der Waals surface area (Å²) in [5.74, 6) is 0.0378. The number of aryl methyl sites for hydroxylation is 2. The molecule has 0 radical (unpaired) electrons. The maximum Gasteiger partial charge on any atom is 0.425 e. The van der Waals surface area contributed by atoms with Gasteiger partial charge in [-0.25, -0.2) is 9.18 Å². The second kappa shape index (κ2) is 8.71. The number of thiophene rings is 1. The van der Waals surface area contributed by atoms with E-state index in [1.807, 2.05) is 0 Å². The molecule has 1 aliphatic heterocycles. The fraction of sp³-hybridized carbons (Fsp3) is 0.318. The lowest BCUT2D eigenvalue weighted by atomic mass is 9.96. The predicted octanol–water partition coefficient (Wildman–Crippen LogP) is 3.79. The molecule has 1 aromatic carbocycles. The Morgan fingerprint density at radius 1 is 1.18 bits per heavy atom. The summed E-state index contributed by atoms with van der Waals surface area (Å²) in [7, 11) is 0. The lowest BCUT2D eigenvalue weighted by Crippen LogP contribution is -2.40. The van der Waals surface area contributed by atoms with Gasteiger partial charge in [-0.2, -0.15) is 23.1 Å². The monoisotopic (exact) mass is 480 g/mol. The molecule has 0 spiro atoms. The Hall–Kier alpha value is -3.05. The molecule has 0 aliphatic carbocycles. The number of halogens is 4. The molecule has 0 saturated carbocycles. The predicted molar refractivity (Wildman–Crippen MR) is 117 cm³/mol. The highest BCUT2D eigenvalue weighted by molar-refractivity contribution is 7.12. The number of rotatable bonds is 4. The third-order valence-electron chi connectivity index (χ3n) is 5.41. The number of benzene rings is 1. The van der Waals surface area contributed by atoms with Crippen LogP contribution in [0.5, 0.6) is 0 Å². The number of hydrogen-bond acceptors (Lipinski definition) is 6. The summed E-state index contributed by atoms with van der Waals surface area (Å²) in [5.41, 5.74) is 1.01. The molecule has 0 bridgehead atoms. The highest BCUT2D eigenvalue weighted by Crippen LogP contribution is 2.34. The van der Waals surface area contributed by atoms with Gasteiger partial charge in [0.2, 0.25) is 5.95 Å². The molecule has 0 unspecified atom stereocenters. The average molecular weight is 480 g/mol. The molecule has 174 valence electrons. The first-order valence-electron chi connectivity index (χ1n) is 10.0. The topological polar surface area (TPSA) is 71.2 Å². The van der Waals surface area contributed by atoms with Crippen LogP contribution in [0.25, 0.3) is 5.57 Å². The van der Waals surface area contributed by atoms with E-state index in [0.29, 0.717) is 39.5 Å². The number of nitrogens with zero attached hydrogens (tertiary/aromatic N) is 4. The maximum absolute atomic E-state index is 13.9. The molecule has 3 aromatic rings. The van der Waals surface area contributed by atoms with Crippen molar-refractivity contribution in [2.24, 2.45) is 0 Å². The van der Waals surface area contributed by atoms with Gasteiger partial charge in [-0.3, -0.25) is 4.57 Å². The molecule has 33 heavy (non-hydrogen) atoms. The Bertz CT molecular complexity index is 1280. The van der Waals surface area contributed by atoms with E-state index in [0.717, 1.165) is 6.07 Å². The van der Waals surface area contributed by atoms with E-state index < -0.39 is 22.8 Å². The second-order valence-electron chi connectivity index (χ2n) is 7.75. The first-order chi connectivity index (χ1) is 15.5. The molecule has 6 nitrogen and oxygen atoms in total. The Labute approximate surface area is 190 Å². The van der Waals surface area contributed by atoms with Crippen molar-refractivity contribution in [1.29, 1.82) is 0 Å². The van der Waals surface area contributed by atoms with Gasteiger partial charge in [0, 0.05) is 11.4 Å². The first kappa shape index (κ1) is 23.1. The zero-order valence-electron chi connectivity index (χ0n) is 17.7. The van der Waals surface area contributed by atoms with E-state index >= 15 is 0 Å². The molecule has 11 heteroatoms. The fourth-order valence-corrected chi connectivity index (χ4v) is 4.45. The molecular weight excluding hydrogens is 460 g/mol. The minimum absolute atomic E-state index is 0.0721. The van der Waals surface area contributed by atoms with Crippen LogP contribution < -0.4 is 10.6 Å². The van der Waals surface area contributed by atoms with Crippen LogP contribution in [0.1, 0.15) is 26.7 Å². The van der Waals surface area contributed by atoms with Gasteiger partial charge in [-0.05, 0) is 48.7 Å². The Morgan fingerprint density at radius 2 is 1.94 bits per heavy atom. The van der Waals surface area contributed by atoms with Crippen LogP contribution in [0.3, 0.4) is 0 Å². The lowest BCUT2D eigenvalue weighted by Gasteiger charge is -2.30. The van der Waals surface area contributed by atoms with Gasteiger partial charge in [0.25, 0.3) is 0 Å². The van der Waals surface area contributed by atoms with Gasteiger partial charge < -0.3 is 10.0 Å². The van der Waals surface area contributed by atoms with Gasteiger partial charge >= 0.3 is 11.9 Å². The summed E-state index contributed by atoms with van der Waals surface area (Å²) in [6.07, 6.45) is -3.65. The van der Waals surface area contributed by atoms with E-state index in [1.165, 1.54) is 16.7 Å². The van der Waals surface area contributed by atoms with Gasteiger partial charge in [0.1, 0.15) is 16.5 Å². The molecule has 0 saturated heterocycles. The van der Waals surface area contributed by atoms with Crippen LogP contribution in [-0.2, 0) is 12.7 Å². The van der Waals surface area contributed by atoms with Crippen LogP contribution in [-0.4, -0.2) is 38.8 Å². The van der Waals surface area contributed by atoms with E-state index in [-0.39, 0.29) is 30.7 Å². The average Bonchev–Trinajstić information content (AvgIpc) is 3.22. The van der Waals surface area contributed by atoms with Gasteiger partial charge in [0.15, 0.2) is 0 Å². The summed E-state index contributed by atoms with van der Waals surface area (Å²) in [5, 5.41) is 10.6. The van der Waals surface area contributed by atoms with Crippen LogP contribution in [0.15, 0.2) is 41.2 Å². The third-order valence-corrected chi connectivity index (χ3v) is 6.52. The summed E-state index contributed by atoms with van der Waals surface area (Å²) in [4.78, 5) is 22.1. The molecule has 0 fully saturated rings. The molecule has 1 atom stereocenters. The Balaban J connectivity index is 1.55. The highest BCUT2D eigenvalue weighted by atomic mass is 32.1. The molecule has 3 heterocycles. The normalized spacial score (nSPS) is 16.8. The van der Waals surface area contributed by atoms with E-state index in [1.54, 1.807) is 37.0 Å². The molecule has 4 rings (SSSR count). The minimum Gasteiger partial charge on any atom is -0.387 e. The molecule has 2 aromatic heterocycles. The lowest BCUT2D eigenvalue weighted by molar-refractivity contribution is -0.134. The number of aliphatic hydroxyl groups excluding tert-OH is 1.